The highest BCUT2D eigenvalue weighted by Crippen LogP contribution is 2.24. The maximum Gasteiger partial charge on any atom is 0.242 e. The highest BCUT2D eigenvalue weighted by atomic mass is 16.5. The molecule has 0 aliphatic carbocycles. The van der Waals surface area contributed by atoms with Crippen molar-refractivity contribution in [3.05, 3.63) is 0 Å². The molecule has 0 aromatic carbocycles. The van der Waals surface area contributed by atoms with Gasteiger partial charge in [0.2, 0.25) is 5.91 Å². The molecule has 1 aliphatic heterocycles. The third-order valence-electron chi connectivity index (χ3n) is 3.65. The van der Waals surface area contributed by atoms with Crippen molar-refractivity contribution in [3.63, 3.8) is 0 Å². The first-order valence-corrected chi connectivity index (χ1v) is 6.28. The van der Waals surface area contributed by atoms with E-state index >= 15 is 0 Å². The number of rotatable bonds is 4. The van der Waals surface area contributed by atoms with Crippen LogP contribution in [0.25, 0.3) is 0 Å². The zero-order valence-electron chi connectivity index (χ0n) is 11.0. The van der Waals surface area contributed by atoms with Crippen LogP contribution in [0.1, 0.15) is 33.1 Å². The van der Waals surface area contributed by atoms with Crippen LogP contribution >= 0.6 is 0 Å². The first-order chi connectivity index (χ1) is 8.03. The minimum Gasteiger partial charge on any atom is -0.381 e. The number of nitriles is 1. The zero-order valence-corrected chi connectivity index (χ0v) is 11.0. The lowest BCUT2D eigenvalue weighted by molar-refractivity contribution is -0.138. The van der Waals surface area contributed by atoms with Gasteiger partial charge in [0, 0.05) is 26.8 Å². The molecule has 0 N–H and O–H groups in total. The Hall–Kier alpha value is -1.08. The van der Waals surface area contributed by atoms with Crippen molar-refractivity contribution in [2.75, 3.05) is 26.8 Å². The molecular weight excluding hydrogens is 216 g/mol. The van der Waals surface area contributed by atoms with Gasteiger partial charge in [0.05, 0.1) is 6.07 Å². The smallest absolute Gasteiger partial charge is 0.242 e. The fraction of sp³-hybridized carbons (Fsp3) is 0.846. The van der Waals surface area contributed by atoms with Crippen LogP contribution in [0.2, 0.25) is 0 Å². The lowest BCUT2D eigenvalue weighted by Gasteiger charge is -2.31. The first kappa shape index (κ1) is 14.0. The van der Waals surface area contributed by atoms with Crippen molar-refractivity contribution in [2.45, 2.75) is 33.1 Å². The molecule has 0 spiro atoms. The molecule has 0 bridgehead atoms. The van der Waals surface area contributed by atoms with E-state index in [9.17, 15) is 4.79 Å². The van der Waals surface area contributed by atoms with Crippen LogP contribution in [0.5, 0.6) is 0 Å². The lowest BCUT2D eigenvalue weighted by atomic mass is 9.87. The van der Waals surface area contributed by atoms with Crippen LogP contribution in [0.15, 0.2) is 0 Å². The van der Waals surface area contributed by atoms with Crippen LogP contribution in [-0.4, -0.2) is 37.6 Å². The van der Waals surface area contributed by atoms with Gasteiger partial charge in [-0.05, 0) is 32.1 Å². The fourth-order valence-electron chi connectivity index (χ4n) is 2.10. The minimum absolute atomic E-state index is 0.0611. The number of hydrogen-bond donors (Lipinski definition) is 0. The second kappa shape index (κ2) is 6.02. The highest BCUT2D eigenvalue weighted by molar-refractivity contribution is 5.84. The summed E-state index contributed by atoms with van der Waals surface area (Å²) in [6.45, 7) is 5.91. The van der Waals surface area contributed by atoms with Gasteiger partial charge in [-0.3, -0.25) is 4.79 Å². The molecule has 1 saturated heterocycles. The Balaban J connectivity index is 2.54. The standard InChI is InChI=1S/C13H22N2O2/c1-4-13(2,10-14)12(16)15(3)9-11-5-7-17-8-6-11/h11H,4-9H2,1-3H3. The van der Waals surface area contributed by atoms with Gasteiger partial charge in [0.1, 0.15) is 5.41 Å². The summed E-state index contributed by atoms with van der Waals surface area (Å²) in [7, 11) is 1.79. The van der Waals surface area contributed by atoms with Gasteiger partial charge < -0.3 is 9.64 Å². The van der Waals surface area contributed by atoms with Gasteiger partial charge in [-0.2, -0.15) is 5.26 Å². The molecule has 17 heavy (non-hydrogen) atoms. The largest absolute Gasteiger partial charge is 0.381 e. The Bertz CT molecular complexity index is 305. The summed E-state index contributed by atoms with van der Waals surface area (Å²) < 4.78 is 5.30. The van der Waals surface area contributed by atoms with Gasteiger partial charge in [-0.15, -0.1) is 0 Å². The molecule has 1 unspecified atom stereocenters. The number of nitrogens with zero attached hydrogens (tertiary/aromatic N) is 2. The Morgan fingerprint density at radius 2 is 2.12 bits per heavy atom. The summed E-state index contributed by atoms with van der Waals surface area (Å²) >= 11 is 0. The third kappa shape index (κ3) is 3.44. The van der Waals surface area contributed by atoms with Crippen molar-refractivity contribution < 1.29 is 9.53 Å². The molecular formula is C13H22N2O2. The van der Waals surface area contributed by atoms with Gasteiger partial charge in [0.25, 0.3) is 0 Å². The molecule has 96 valence electrons. The first-order valence-electron chi connectivity index (χ1n) is 6.28. The van der Waals surface area contributed by atoms with Crippen molar-refractivity contribution in [1.29, 1.82) is 5.26 Å². The Kier molecular flexibility index (Phi) is 4.95. The molecule has 1 aliphatic rings. The molecule has 1 atom stereocenters. The van der Waals surface area contributed by atoms with E-state index in [0.29, 0.717) is 12.3 Å². The van der Waals surface area contributed by atoms with E-state index in [1.807, 2.05) is 6.92 Å². The molecule has 4 nitrogen and oxygen atoms in total. The topological polar surface area (TPSA) is 53.3 Å². The number of amides is 1. The summed E-state index contributed by atoms with van der Waals surface area (Å²) in [5.74, 6) is 0.450. The molecule has 0 aromatic rings. The minimum atomic E-state index is -0.875. The zero-order chi connectivity index (χ0) is 12.9. The quantitative estimate of drug-likeness (QED) is 0.750. The van der Waals surface area contributed by atoms with Crippen LogP contribution in [0.4, 0.5) is 0 Å². The van der Waals surface area contributed by atoms with Crippen molar-refractivity contribution >= 4 is 5.91 Å². The molecule has 4 heteroatoms. The van der Waals surface area contributed by atoms with Gasteiger partial charge in [-0.1, -0.05) is 6.92 Å². The van der Waals surface area contributed by atoms with Crippen LogP contribution < -0.4 is 0 Å². The van der Waals surface area contributed by atoms with E-state index in [4.69, 9.17) is 10.00 Å². The molecule has 0 saturated carbocycles. The summed E-state index contributed by atoms with van der Waals surface area (Å²) in [4.78, 5) is 13.9. The molecule has 1 amide bonds. The van der Waals surface area contributed by atoms with E-state index < -0.39 is 5.41 Å². The van der Waals surface area contributed by atoms with E-state index in [-0.39, 0.29) is 5.91 Å². The summed E-state index contributed by atoms with van der Waals surface area (Å²) in [6.07, 6.45) is 2.57. The average molecular weight is 238 g/mol. The maximum absolute atomic E-state index is 12.2. The predicted molar refractivity (Wildman–Crippen MR) is 65.2 cm³/mol. The van der Waals surface area contributed by atoms with Gasteiger partial charge in [0.15, 0.2) is 0 Å². The van der Waals surface area contributed by atoms with E-state index in [2.05, 4.69) is 6.07 Å². The van der Waals surface area contributed by atoms with E-state index in [1.54, 1.807) is 18.9 Å². The van der Waals surface area contributed by atoms with Crippen molar-refractivity contribution in [2.24, 2.45) is 11.3 Å². The monoisotopic (exact) mass is 238 g/mol. The van der Waals surface area contributed by atoms with Crippen molar-refractivity contribution in [3.8, 4) is 6.07 Å². The van der Waals surface area contributed by atoms with Crippen LogP contribution in [0, 0.1) is 22.7 Å². The third-order valence-corrected chi connectivity index (χ3v) is 3.65. The number of ether oxygens (including phenoxy) is 1. The lowest BCUT2D eigenvalue weighted by Crippen LogP contribution is -2.42. The number of carbonyl (C=O) groups is 1. The van der Waals surface area contributed by atoms with Crippen molar-refractivity contribution in [1.82, 2.24) is 4.90 Å². The molecule has 0 aromatic heterocycles. The molecule has 0 radical (unpaired) electrons. The summed E-state index contributed by atoms with van der Waals surface area (Å²) in [6, 6.07) is 2.13. The molecule has 1 fully saturated rings. The fourth-order valence-corrected chi connectivity index (χ4v) is 2.10. The van der Waals surface area contributed by atoms with E-state index in [1.165, 1.54) is 0 Å². The SMILES string of the molecule is CCC(C)(C#N)C(=O)N(C)CC1CCOCC1. The Labute approximate surface area is 104 Å². The highest BCUT2D eigenvalue weighted by Gasteiger charge is 2.34. The number of carbonyl (C=O) groups excluding carboxylic acids is 1. The van der Waals surface area contributed by atoms with Gasteiger partial charge >= 0.3 is 0 Å². The molecule has 1 rings (SSSR count). The predicted octanol–water partition coefficient (Wildman–Crippen LogP) is 1.81. The van der Waals surface area contributed by atoms with E-state index in [0.717, 1.165) is 32.6 Å². The Morgan fingerprint density at radius 1 is 1.53 bits per heavy atom. The Morgan fingerprint density at radius 3 is 2.59 bits per heavy atom. The second-order valence-electron chi connectivity index (χ2n) is 5.04. The van der Waals surface area contributed by atoms with Crippen LogP contribution in [0.3, 0.4) is 0 Å². The normalized spacial score (nSPS) is 20.4. The maximum atomic E-state index is 12.2. The van der Waals surface area contributed by atoms with Gasteiger partial charge in [-0.25, -0.2) is 0 Å². The average Bonchev–Trinajstić information content (AvgIpc) is 2.38. The summed E-state index contributed by atoms with van der Waals surface area (Å²) in [5.41, 5.74) is -0.875. The number of hydrogen-bond acceptors (Lipinski definition) is 3. The second-order valence-corrected chi connectivity index (χ2v) is 5.04. The van der Waals surface area contributed by atoms with Crippen LogP contribution in [-0.2, 0) is 9.53 Å². The molecule has 1 heterocycles. The summed E-state index contributed by atoms with van der Waals surface area (Å²) in [5, 5.41) is 9.09.